The molecule has 0 radical (unpaired) electrons. The van der Waals surface area contributed by atoms with Crippen molar-refractivity contribution in [1.29, 1.82) is 0 Å². The third-order valence-electron chi connectivity index (χ3n) is 1.56. The van der Waals surface area contributed by atoms with Gasteiger partial charge in [0, 0.05) is 4.88 Å². The zero-order valence-corrected chi connectivity index (χ0v) is 7.64. The molecule has 56 valence electrons. The second-order valence-electron chi connectivity index (χ2n) is 2.18. The van der Waals surface area contributed by atoms with Crippen molar-refractivity contribution in [2.24, 2.45) is 0 Å². The highest BCUT2D eigenvalue weighted by atomic mass is 35.5. The first-order valence-electron chi connectivity index (χ1n) is 3.20. The Morgan fingerprint density at radius 3 is 2.40 bits per heavy atom. The van der Waals surface area contributed by atoms with Gasteiger partial charge in [-0.25, -0.2) is 0 Å². The van der Waals surface area contributed by atoms with Crippen LogP contribution in [0.3, 0.4) is 0 Å². The van der Waals surface area contributed by atoms with E-state index in [1.165, 1.54) is 10.4 Å². The number of nitrogen functional groups attached to an aromatic ring is 1. The predicted molar refractivity (Wildman–Crippen MR) is 47.9 cm³/mol. The van der Waals surface area contributed by atoms with Crippen LogP contribution in [0.5, 0.6) is 0 Å². The monoisotopic (exact) mass is 175 g/mol. The molecule has 1 nitrogen and oxygen atoms in total. The van der Waals surface area contributed by atoms with Crippen molar-refractivity contribution in [3.63, 3.8) is 0 Å². The lowest BCUT2D eigenvalue weighted by atomic mass is 10.2. The molecule has 0 aliphatic heterocycles. The average molecular weight is 176 g/mol. The van der Waals surface area contributed by atoms with Crippen LogP contribution in [0.2, 0.25) is 4.34 Å². The maximum Gasteiger partial charge on any atom is 0.116 e. The third-order valence-corrected chi connectivity index (χ3v) is 2.94. The summed E-state index contributed by atoms with van der Waals surface area (Å²) >= 11 is 7.37. The molecule has 0 spiro atoms. The summed E-state index contributed by atoms with van der Waals surface area (Å²) in [5.41, 5.74) is 7.67. The summed E-state index contributed by atoms with van der Waals surface area (Å²) in [6, 6.07) is 0. The van der Waals surface area contributed by atoms with E-state index in [2.05, 4.69) is 6.92 Å². The minimum absolute atomic E-state index is 0.731. The number of hydrogen-bond donors (Lipinski definition) is 1. The van der Waals surface area contributed by atoms with Crippen molar-refractivity contribution in [3.8, 4) is 0 Å². The number of nitrogens with two attached hydrogens (primary N) is 1. The van der Waals surface area contributed by atoms with E-state index in [1.54, 1.807) is 11.3 Å². The van der Waals surface area contributed by atoms with Gasteiger partial charge in [-0.05, 0) is 18.9 Å². The molecule has 0 bridgehead atoms. The average Bonchev–Trinajstić information content (AvgIpc) is 2.09. The molecule has 3 heteroatoms. The molecule has 10 heavy (non-hydrogen) atoms. The molecule has 1 rings (SSSR count). The van der Waals surface area contributed by atoms with Crippen LogP contribution < -0.4 is 5.73 Å². The lowest BCUT2D eigenvalue weighted by molar-refractivity contribution is 1.14. The van der Waals surface area contributed by atoms with Crippen LogP contribution in [-0.2, 0) is 6.42 Å². The highest BCUT2D eigenvalue weighted by Gasteiger charge is 2.08. The number of anilines is 1. The second kappa shape index (κ2) is 2.81. The Morgan fingerprint density at radius 2 is 2.20 bits per heavy atom. The van der Waals surface area contributed by atoms with Crippen LogP contribution in [0.1, 0.15) is 17.4 Å². The van der Waals surface area contributed by atoms with Gasteiger partial charge in [-0.1, -0.05) is 18.5 Å². The van der Waals surface area contributed by atoms with E-state index in [0.29, 0.717) is 0 Å². The summed E-state index contributed by atoms with van der Waals surface area (Å²) in [6.45, 7) is 4.13. The van der Waals surface area contributed by atoms with Crippen molar-refractivity contribution in [1.82, 2.24) is 0 Å². The standard InChI is InChI=1S/C7H10ClNS/c1-3-5-4(2)10-7(8)6(5)9/h3,9H2,1-2H3. The molecule has 0 saturated carbocycles. The highest BCUT2D eigenvalue weighted by Crippen LogP contribution is 2.34. The Balaban J connectivity index is 3.20. The van der Waals surface area contributed by atoms with Gasteiger partial charge in [-0.3, -0.25) is 0 Å². The quantitative estimate of drug-likeness (QED) is 0.698. The minimum Gasteiger partial charge on any atom is -0.397 e. The molecule has 0 saturated heterocycles. The summed E-state index contributed by atoms with van der Waals surface area (Å²) < 4.78 is 0.731. The molecular weight excluding hydrogens is 166 g/mol. The van der Waals surface area contributed by atoms with Gasteiger partial charge in [0.2, 0.25) is 0 Å². The Labute approximate surface area is 69.8 Å². The number of halogens is 1. The normalized spacial score (nSPS) is 10.3. The van der Waals surface area contributed by atoms with Gasteiger partial charge in [0.05, 0.1) is 5.69 Å². The fourth-order valence-electron chi connectivity index (χ4n) is 0.999. The lowest BCUT2D eigenvalue weighted by Crippen LogP contribution is -1.88. The second-order valence-corrected chi connectivity index (χ2v) is 4.00. The summed E-state index contributed by atoms with van der Waals surface area (Å²) in [7, 11) is 0. The molecule has 1 aromatic heterocycles. The minimum atomic E-state index is 0.731. The van der Waals surface area contributed by atoms with Crippen LogP contribution in [0.15, 0.2) is 0 Å². The van der Waals surface area contributed by atoms with Crippen molar-refractivity contribution in [2.75, 3.05) is 5.73 Å². The zero-order valence-electron chi connectivity index (χ0n) is 6.07. The molecule has 0 unspecified atom stereocenters. The van der Waals surface area contributed by atoms with E-state index in [-0.39, 0.29) is 0 Å². The molecule has 0 amide bonds. The van der Waals surface area contributed by atoms with Gasteiger partial charge in [0.15, 0.2) is 0 Å². The Kier molecular flexibility index (Phi) is 2.21. The number of rotatable bonds is 1. The molecule has 0 fully saturated rings. The summed E-state index contributed by atoms with van der Waals surface area (Å²) in [4.78, 5) is 1.24. The van der Waals surface area contributed by atoms with E-state index >= 15 is 0 Å². The Bertz CT molecular complexity index is 242. The first-order chi connectivity index (χ1) is 4.66. The van der Waals surface area contributed by atoms with Gasteiger partial charge in [0.25, 0.3) is 0 Å². The topological polar surface area (TPSA) is 26.0 Å². The molecule has 0 aromatic carbocycles. The number of aryl methyl sites for hydroxylation is 1. The SMILES string of the molecule is CCc1c(C)sc(Cl)c1N. The van der Waals surface area contributed by atoms with Crippen LogP contribution in [0, 0.1) is 6.92 Å². The zero-order chi connectivity index (χ0) is 7.72. The Morgan fingerprint density at radius 1 is 1.60 bits per heavy atom. The van der Waals surface area contributed by atoms with Gasteiger partial charge in [-0.2, -0.15) is 0 Å². The fourth-order valence-corrected chi connectivity index (χ4v) is 2.34. The van der Waals surface area contributed by atoms with Gasteiger partial charge in [0.1, 0.15) is 4.34 Å². The van der Waals surface area contributed by atoms with E-state index in [4.69, 9.17) is 17.3 Å². The van der Waals surface area contributed by atoms with Gasteiger partial charge in [-0.15, -0.1) is 11.3 Å². The van der Waals surface area contributed by atoms with E-state index < -0.39 is 0 Å². The van der Waals surface area contributed by atoms with Crippen molar-refractivity contribution in [2.45, 2.75) is 20.3 Å². The largest absolute Gasteiger partial charge is 0.397 e. The molecular formula is C7H10ClNS. The van der Waals surface area contributed by atoms with Crippen molar-refractivity contribution < 1.29 is 0 Å². The molecule has 2 N–H and O–H groups in total. The maximum absolute atomic E-state index is 5.81. The summed E-state index contributed by atoms with van der Waals surface area (Å²) in [5, 5.41) is 0. The first-order valence-corrected chi connectivity index (χ1v) is 4.39. The maximum atomic E-state index is 5.81. The van der Waals surface area contributed by atoms with Crippen molar-refractivity contribution >= 4 is 28.6 Å². The molecule has 1 aromatic rings. The number of thiophene rings is 1. The van der Waals surface area contributed by atoms with Gasteiger partial charge >= 0.3 is 0 Å². The first kappa shape index (κ1) is 7.89. The fraction of sp³-hybridized carbons (Fsp3) is 0.429. The molecule has 1 heterocycles. The van der Waals surface area contributed by atoms with E-state index in [0.717, 1.165) is 16.4 Å². The van der Waals surface area contributed by atoms with E-state index in [1.807, 2.05) is 6.92 Å². The molecule has 0 atom stereocenters. The lowest BCUT2D eigenvalue weighted by Gasteiger charge is -1.94. The highest BCUT2D eigenvalue weighted by molar-refractivity contribution is 7.17. The smallest absolute Gasteiger partial charge is 0.116 e. The predicted octanol–water partition coefficient (Wildman–Crippen LogP) is 2.85. The van der Waals surface area contributed by atoms with Crippen LogP contribution in [0.25, 0.3) is 0 Å². The van der Waals surface area contributed by atoms with Gasteiger partial charge < -0.3 is 5.73 Å². The third kappa shape index (κ3) is 1.13. The van der Waals surface area contributed by atoms with Crippen LogP contribution in [0.4, 0.5) is 5.69 Å². The molecule has 0 aliphatic carbocycles. The van der Waals surface area contributed by atoms with E-state index in [9.17, 15) is 0 Å². The Hall–Kier alpha value is -0.210. The summed E-state index contributed by atoms with van der Waals surface area (Å²) in [5.74, 6) is 0. The van der Waals surface area contributed by atoms with Crippen LogP contribution >= 0.6 is 22.9 Å². The van der Waals surface area contributed by atoms with Crippen LogP contribution in [-0.4, -0.2) is 0 Å². The number of hydrogen-bond acceptors (Lipinski definition) is 2. The van der Waals surface area contributed by atoms with Crippen molar-refractivity contribution in [3.05, 3.63) is 14.8 Å². The molecule has 0 aliphatic rings. The summed E-state index contributed by atoms with van der Waals surface area (Å²) in [6.07, 6.45) is 0.973.